The van der Waals surface area contributed by atoms with Crippen LogP contribution in [0.2, 0.25) is 0 Å². The molecule has 2 amide bonds. The van der Waals surface area contributed by atoms with E-state index in [0.717, 1.165) is 29.5 Å². The number of halogens is 1. The Labute approximate surface area is 173 Å². The summed E-state index contributed by atoms with van der Waals surface area (Å²) < 4.78 is 20.7. The van der Waals surface area contributed by atoms with E-state index in [4.69, 9.17) is 10.5 Å². The maximum Gasteiger partial charge on any atom is 0.281 e. The van der Waals surface area contributed by atoms with Crippen LogP contribution < -0.4 is 15.8 Å². The van der Waals surface area contributed by atoms with Crippen LogP contribution in [-0.4, -0.2) is 44.2 Å². The highest BCUT2D eigenvalue weighted by Gasteiger charge is 2.21. The van der Waals surface area contributed by atoms with Gasteiger partial charge in [0.2, 0.25) is 11.0 Å². The standard InChI is InChI=1S/C17H17FN6O3S2/c1-2-7-27-12-8-24(11-5-3-10(18)4-6-11)23-14(12)15(26)20-16-21-22-17(29-16)28-9-13(19)25/h3-6,8H,2,7,9H2,1H3,(H2,19,25)(H,20,21,26). The van der Waals surface area contributed by atoms with Gasteiger partial charge in [-0.2, -0.15) is 5.10 Å². The molecule has 29 heavy (non-hydrogen) atoms. The number of aromatic nitrogens is 4. The van der Waals surface area contributed by atoms with Crippen LogP contribution in [0.1, 0.15) is 23.8 Å². The quantitative estimate of drug-likeness (QED) is 0.390. The molecule has 0 atom stereocenters. The minimum atomic E-state index is -0.528. The number of benzene rings is 1. The minimum absolute atomic E-state index is 0.0596. The monoisotopic (exact) mass is 436 g/mol. The number of carbonyl (C=O) groups is 2. The average molecular weight is 436 g/mol. The molecule has 3 rings (SSSR count). The second-order valence-electron chi connectivity index (χ2n) is 5.69. The van der Waals surface area contributed by atoms with Crippen molar-refractivity contribution in [3.05, 3.63) is 42.0 Å². The maximum absolute atomic E-state index is 13.2. The molecule has 152 valence electrons. The van der Waals surface area contributed by atoms with Crippen LogP contribution in [0, 0.1) is 5.82 Å². The molecule has 0 saturated heterocycles. The van der Waals surface area contributed by atoms with Crippen LogP contribution in [0.15, 0.2) is 34.8 Å². The van der Waals surface area contributed by atoms with Gasteiger partial charge in [0, 0.05) is 0 Å². The van der Waals surface area contributed by atoms with E-state index in [2.05, 4.69) is 20.6 Å². The van der Waals surface area contributed by atoms with E-state index in [0.29, 0.717) is 22.4 Å². The number of thioether (sulfide) groups is 1. The van der Waals surface area contributed by atoms with Gasteiger partial charge in [0.25, 0.3) is 5.91 Å². The van der Waals surface area contributed by atoms with E-state index in [9.17, 15) is 14.0 Å². The van der Waals surface area contributed by atoms with Gasteiger partial charge in [-0.3, -0.25) is 14.9 Å². The highest BCUT2D eigenvalue weighted by molar-refractivity contribution is 8.01. The van der Waals surface area contributed by atoms with Gasteiger partial charge in [0.15, 0.2) is 15.8 Å². The Morgan fingerprint density at radius 2 is 2.07 bits per heavy atom. The van der Waals surface area contributed by atoms with Gasteiger partial charge in [-0.25, -0.2) is 9.07 Å². The number of primary amides is 1. The molecule has 0 aliphatic carbocycles. The average Bonchev–Trinajstić information content (AvgIpc) is 3.32. The number of nitrogens with one attached hydrogen (secondary N) is 1. The Hall–Kier alpha value is -2.99. The van der Waals surface area contributed by atoms with Crippen molar-refractivity contribution in [3.8, 4) is 11.4 Å². The van der Waals surface area contributed by atoms with Crippen LogP contribution in [0.3, 0.4) is 0 Å². The predicted molar refractivity (Wildman–Crippen MR) is 107 cm³/mol. The van der Waals surface area contributed by atoms with Crippen LogP contribution in [-0.2, 0) is 4.79 Å². The fraction of sp³-hybridized carbons (Fsp3) is 0.235. The number of hydrogen-bond donors (Lipinski definition) is 2. The second kappa shape index (κ2) is 9.47. The van der Waals surface area contributed by atoms with Gasteiger partial charge >= 0.3 is 0 Å². The number of amides is 2. The molecule has 0 aliphatic rings. The van der Waals surface area contributed by atoms with Crippen molar-refractivity contribution in [2.24, 2.45) is 5.73 Å². The molecule has 1 aromatic carbocycles. The smallest absolute Gasteiger partial charge is 0.281 e. The molecule has 0 unspecified atom stereocenters. The lowest BCUT2D eigenvalue weighted by Gasteiger charge is -2.03. The van der Waals surface area contributed by atoms with Crippen molar-refractivity contribution in [1.82, 2.24) is 20.0 Å². The van der Waals surface area contributed by atoms with E-state index >= 15 is 0 Å². The first kappa shape index (κ1) is 20.7. The number of carbonyl (C=O) groups excluding carboxylic acids is 2. The minimum Gasteiger partial charge on any atom is -0.489 e. The lowest BCUT2D eigenvalue weighted by Crippen LogP contribution is -2.14. The summed E-state index contributed by atoms with van der Waals surface area (Å²) in [4.78, 5) is 23.5. The number of nitrogens with zero attached hydrogens (tertiary/aromatic N) is 4. The van der Waals surface area contributed by atoms with Gasteiger partial charge in [-0.05, 0) is 30.7 Å². The van der Waals surface area contributed by atoms with Crippen molar-refractivity contribution in [2.75, 3.05) is 17.7 Å². The lowest BCUT2D eigenvalue weighted by molar-refractivity contribution is -0.115. The van der Waals surface area contributed by atoms with Crippen molar-refractivity contribution in [3.63, 3.8) is 0 Å². The van der Waals surface area contributed by atoms with E-state index in [1.807, 2.05) is 6.92 Å². The Bertz CT molecular complexity index is 1010. The molecule has 0 saturated carbocycles. The molecular formula is C17H17FN6O3S2. The number of anilines is 1. The zero-order chi connectivity index (χ0) is 20.8. The molecule has 9 nitrogen and oxygen atoms in total. The first-order valence-electron chi connectivity index (χ1n) is 8.50. The van der Waals surface area contributed by atoms with Crippen molar-refractivity contribution < 1.29 is 18.7 Å². The van der Waals surface area contributed by atoms with Crippen LogP contribution in [0.4, 0.5) is 9.52 Å². The first-order valence-corrected chi connectivity index (χ1v) is 10.3. The van der Waals surface area contributed by atoms with E-state index < -0.39 is 11.8 Å². The highest BCUT2D eigenvalue weighted by Crippen LogP contribution is 2.27. The Kier molecular flexibility index (Phi) is 6.77. The van der Waals surface area contributed by atoms with E-state index in [1.54, 1.807) is 18.3 Å². The number of ether oxygens (including phenoxy) is 1. The van der Waals surface area contributed by atoms with Gasteiger partial charge in [0.05, 0.1) is 24.2 Å². The van der Waals surface area contributed by atoms with Crippen molar-refractivity contribution >= 4 is 40.0 Å². The number of nitrogens with two attached hydrogens (primary N) is 1. The largest absolute Gasteiger partial charge is 0.489 e. The SMILES string of the molecule is CCCOc1cn(-c2ccc(F)cc2)nc1C(=O)Nc1nnc(SCC(N)=O)s1. The summed E-state index contributed by atoms with van der Waals surface area (Å²) in [5.74, 6) is -1.01. The van der Waals surface area contributed by atoms with Crippen molar-refractivity contribution in [1.29, 1.82) is 0 Å². The van der Waals surface area contributed by atoms with E-state index in [-0.39, 0.29) is 22.4 Å². The summed E-state index contributed by atoms with van der Waals surface area (Å²) >= 11 is 2.24. The zero-order valence-corrected chi connectivity index (χ0v) is 16.9. The van der Waals surface area contributed by atoms with Gasteiger partial charge in [-0.1, -0.05) is 30.0 Å². The molecule has 0 aliphatic heterocycles. The summed E-state index contributed by atoms with van der Waals surface area (Å²) in [5.41, 5.74) is 5.74. The highest BCUT2D eigenvalue weighted by atomic mass is 32.2. The van der Waals surface area contributed by atoms with Crippen LogP contribution in [0.25, 0.3) is 5.69 Å². The summed E-state index contributed by atoms with van der Waals surface area (Å²) in [6, 6.07) is 5.69. The predicted octanol–water partition coefficient (Wildman–Crippen LogP) is 2.48. The van der Waals surface area contributed by atoms with Crippen molar-refractivity contribution in [2.45, 2.75) is 17.7 Å². The number of hydrogen-bond acceptors (Lipinski definition) is 8. The molecule has 0 radical (unpaired) electrons. The Morgan fingerprint density at radius 3 is 2.76 bits per heavy atom. The zero-order valence-electron chi connectivity index (χ0n) is 15.3. The third kappa shape index (κ3) is 5.51. The summed E-state index contributed by atoms with van der Waals surface area (Å²) in [6.45, 7) is 2.35. The maximum atomic E-state index is 13.2. The molecule has 3 aromatic rings. The Balaban J connectivity index is 1.79. The molecule has 12 heteroatoms. The van der Waals surface area contributed by atoms with E-state index in [1.165, 1.54) is 16.8 Å². The summed E-state index contributed by atoms with van der Waals surface area (Å²) in [5, 5.41) is 14.9. The third-order valence-electron chi connectivity index (χ3n) is 3.41. The normalized spacial score (nSPS) is 10.7. The third-order valence-corrected chi connectivity index (χ3v) is 5.41. The molecular weight excluding hydrogens is 419 g/mol. The van der Waals surface area contributed by atoms with Gasteiger partial charge < -0.3 is 10.5 Å². The molecule has 0 spiro atoms. The molecule has 3 N–H and O–H groups in total. The number of rotatable bonds is 9. The fourth-order valence-electron chi connectivity index (χ4n) is 2.17. The topological polar surface area (TPSA) is 125 Å². The molecule has 0 bridgehead atoms. The van der Waals surface area contributed by atoms with Gasteiger partial charge in [0.1, 0.15) is 5.82 Å². The van der Waals surface area contributed by atoms with Gasteiger partial charge in [-0.15, -0.1) is 10.2 Å². The molecule has 2 aromatic heterocycles. The molecule has 2 heterocycles. The fourth-order valence-corrected chi connectivity index (χ4v) is 3.65. The van der Waals surface area contributed by atoms with Crippen LogP contribution in [0.5, 0.6) is 5.75 Å². The summed E-state index contributed by atoms with van der Waals surface area (Å²) in [7, 11) is 0. The first-order chi connectivity index (χ1) is 14.0. The second-order valence-corrected chi connectivity index (χ2v) is 7.89. The summed E-state index contributed by atoms with van der Waals surface area (Å²) in [6.07, 6.45) is 2.31. The lowest BCUT2D eigenvalue weighted by atomic mass is 10.3. The Morgan fingerprint density at radius 1 is 1.31 bits per heavy atom. The molecule has 0 fully saturated rings. The van der Waals surface area contributed by atoms with Crippen LogP contribution >= 0.6 is 23.1 Å².